The second-order valence-electron chi connectivity index (χ2n) is 6.83. The van der Waals surface area contributed by atoms with Gasteiger partial charge in [0, 0.05) is 24.4 Å². The summed E-state index contributed by atoms with van der Waals surface area (Å²) in [7, 11) is 0. The molecular formula is C20H22ClN3O2. The molecule has 1 unspecified atom stereocenters. The fourth-order valence-electron chi connectivity index (χ4n) is 3.63. The summed E-state index contributed by atoms with van der Waals surface area (Å²) in [6.07, 6.45) is 5.22. The second kappa shape index (κ2) is 7.64. The highest BCUT2D eigenvalue weighted by Gasteiger charge is 2.34. The van der Waals surface area contributed by atoms with E-state index in [4.69, 9.17) is 16.0 Å². The third kappa shape index (κ3) is 3.69. The number of nitrogens with zero attached hydrogens (tertiary/aromatic N) is 3. The Morgan fingerprint density at radius 2 is 1.96 bits per heavy atom. The van der Waals surface area contributed by atoms with Gasteiger partial charge in [-0.15, -0.1) is 0 Å². The zero-order chi connectivity index (χ0) is 17.9. The number of hydrogen-bond acceptors (Lipinski definition) is 4. The Balaban J connectivity index is 1.53. The van der Waals surface area contributed by atoms with Crippen LogP contribution in [0.15, 0.2) is 52.2 Å². The Bertz CT molecular complexity index is 780. The summed E-state index contributed by atoms with van der Waals surface area (Å²) in [5.74, 6) is 0.814. The first kappa shape index (κ1) is 17.3. The van der Waals surface area contributed by atoms with Crippen LogP contribution in [0.4, 0.5) is 0 Å². The fourth-order valence-corrected chi connectivity index (χ4v) is 3.76. The van der Waals surface area contributed by atoms with Gasteiger partial charge in [-0.25, -0.2) is 5.01 Å². The van der Waals surface area contributed by atoms with E-state index in [1.54, 1.807) is 11.3 Å². The summed E-state index contributed by atoms with van der Waals surface area (Å²) in [5, 5.41) is 6.95. The summed E-state index contributed by atoms with van der Waals surface area (Å²) in [5.41, 5.74) is 1.87. The lowest BCUT2D eigenvalue weighted by molar-refractivity contribution is -0.133. The number of hydrazone groups is 1. The summed E-state index contributed by atoms with van der Waals surface area (Å²) < 4.78 is 5.58. The van der Waals surface area contributed by atoms with E-state index in [9.17, 15) is 4.79 Å². The van der Waals surface area contributed by atoms with Crippen LogP contribution in [0.25, 0.3) is 0 Å². The zero-order valence-electron chi connectivity index (χ0n) is 14.6. The van der Waals surface area contributed by atoms with Crippen LogP contribution in [0.2, 0.25) is 5.02 Å². The smallest absolute Gasteiger partial charge is 0.244 e. The molecule has 136 valence electrons. The highest BCUT2D eigenvalue weighted by atomic mass is 35.5. The molecule has 2 aliphatic rings. The maximum atomic E-state index is 12.9. The minimum atomic E-state index is -0.179. The zero-order valence-corrected chi connectivity index (χ0v) is 15.4. The molecule has 0 spiro atoms. The number of likely N-dealkylation sites (tertiary alicyclic amines) is 1. The van der Waals surface area contributed by atoms with Crippen molar-refractivity contribution in [3.63, 3.8) is 0 Å². The molecule has 0 N–H and O–H groups in total. The minimum absolute atomic E-state index is 0.0438. The second-order valence-corrected chi connectivity index (χ2v) is 7.26. The quantitative estimate of drug-likeness (QED) is 0.795. The van der Waals surface area contributed by atoms with E-state index in [-0.39, 0.29) is 11.9 Å². The van der Waals surface area contributed by atoms with E-state index < -0.39 is 0 Å². The van der Waals surface area contributed by atoms with Crippen molar-refractivity contribution in [2.75, 3.05) is 19.6 Å². The number of amides is 1. The molecule has 6 heteroatoms. The molecule has 3 heterocycles. The third-order valence-corrected chi connectivity index (χ3v) is 5.31. The number of benzene rings is 1. The Morgan fingerprint density at radius 3 is 2.65 bits per heavy atom. The predicted octanol–water partition coefficient (Wildman–Crippen LogP) is 4.10. The first-order valence-electron chi connectivity index (χ1n) is 9.12. The lowest BCUT2D eigenvalue weighted by atomic mass is 10.0. The monoisotopic (exact) mass is 371 g/mol. The normalized spacial score (nSPS) is 20.6. The number of carbonyl (C=O) groups is 1. The minimum Gasteiger partial charge on any atom is -0.467 e. The van der Waals surface area contributed by atoms with Crippen molar-refractivity contribution < 1.29 is 9.21 Å². The van der Waals surface area contributed by atoms with Gasteiger partial charge in [-0.1, -0.05) is 23.7 Å². The molecule has 0 bridgehead atoms. The highest BCUT2D eigenvalue weighted by Crippen LogP contribution is 2.33. The highest BCUT2D eigenvalue weighted by molar-refractivity contribution is 6.30. The van der Waals surface area contributed by atoms with E-state index in [1.807, 2.05) is 36.4 Å². The van der Waals surface area contributed by atoms with Crippen LogP contribution in [-0.2, 0) is 4.79 Å². The van der Waals surface area contributed by atoms with Crippen molar-refractivity contribution in [1.29, 1.82) is 0 Å². The Labute approximate surface area is 158 Å². The van der Waals surface area contributed by atoms with Crippen LogP contribution in [0.5, 0.6) is 0 Å². The summed E-state index contributed by atoms with van der Waals surface area (Å²) in [6, 6.07) is 11.2. The summed E-state index contributed by atoms with van der Waals surface area (Å²) >= 11 is 5.99. The molecule has 1 aromatic carbocycles. The number of halogens is 1. The van der Waals surface area contributed by atoms with E-state index in [0.717, 1.165) is 36.7 Å². The molecular weight excluding hydrogens is 350 g/mol. The van der Waals surface area contributed by atoms with Crippen LogP contribution in [0.1, 0.15) is 43.0 Å². The van der Waals surface area contributed by atoms with Crippen molar-refractivity contribution in [3.05, 3.63) is 59.0 Å². The lowest BCUT2D eigenvalue weighted by Gasteiger charge is -2.21. The van der Waals surface area contributed by atoms with Gasteiger partial charge in [0.2, 0.25) is 5.91 Å². The van der Waals surface area contributed by atoms with Gasteiger partial charge in [0.25, 0.3) is 0 Å². The molecule has 1 fully saturated rings. The molecule has 2 aliphatic heterocycles. The Morgan fingerprint density at radius 1 is 1.19 bits per heavy atom. The number of furan rings is 1. The molecule has 26 heavy (non-hydrogen) atoms. The first-order valence-corrected chi connectivity index (χ1v) is 9.50. The topological polar surface area (TPSA) is 49.1 Å². The molecule has 2 aromatic rings. The standard InChI is InChI=1S/C20H22ClN3O2/c21-16-7-5-15(6-8-16)17-14-18(19-4-3-13-26-19)24(22-17)20(25)9-12-23-10-1-2-11-23/h3-8,13,18H,1-2,9-12,14H2. The van der Waals surface area contributed by atoms with E-state index in [1.165, 1.54) is 12.8 Å². The maximum Gasteiger partial charge on any atom is 0.244 e. The molecule has 1 saturated heterocycles. The molecule has 4 rings (SSSR count). The van der Waals surface area contributed by atoms with Crippen LogP contribution in [-0.4, -0.2) is 41.2 Å². The van der Waals surface area contributed by atoms with Crippen molar-refractivity contribution in [2.24, 2.45) is 5.10 Å². The van der Waals surface area contributed by atoms with Crippen LogP contribution in [0, 0.1) is 0 Å². The SMILES string of the molecule is O=C(CCN1CCCC1)N1N=C(c2ccc(Cl)cc2)CC1c1ccco1. The molecule has 1 atom stereocenters. The van der Waals surface area contributed by atoms with Crippen molar-refractivity contribution in [2.45, 2.75) is 31.7 Å². The largest absolute Gasteiger partial charge is 0.467 e. The summed E-state index contributed by atoms with van der Waals surface area (Å²) in [6.45, 7) is 2.98. The maximum absolute atomic E-state index is 12.9. The average Bonchev–Trinajstić information content (AvgIpc) is 3.41. The van der Waals surface area contributed by atoms with E-state index in [2.05, 4.69) is 10.0 Å². The van der Waals surface area contributed by atoms with Gasteiger partial charge in [-0.3, -0.25) is 4.79 Å². The summed E-state index contributed by atoms with van der Waals surface area (Å²) in [4.78, 5) is 15.2. The van der Waals surface area contributed by atoms with Crippen molar-refractivity contribution in [3.8, 4) is 0 Å². The molecule has 5 nitrogen and oxygen atoms in total. The molecule has 0 saturated carbocycles. The lowest BCUT2D eigenvalue weighted by Crippen LogP contribution is -2.31. The Hall–Kier alpha value is -2.11. The number of carbonyl (C=O) groups excluding carboxylic acids is 1. The van der Waals surface area contributed by atoms with Gasteiger partial charge in [-0.05, 0) is 55.8 Å². The van der Waals surface area contributed by atoms with Gasteiger partial charge in [-0.2, -0.15) is 5.10 Å². The average molecular weight is 372 g/mol. The van der Waals surface area contributed by atoms with Gasteiger partial charge in [0.05, 0.1) is 12.0 Å². The predicted molar refractivity (Wildman–Crippen MR) is 101 cm³/mol. The Kier molecular flexibility index (Phi) is 5.09. The fraction of sp³-hybridized carbons (Fsp3) is 0.400. The number of hydrogen-bond donors (Lipinski definition) is 0. The van der Waals surface area contributed by atoms with E-state index >= 15 is 0 Å². The van der Waals surface area contributed by atoms with Crippen LogP contribution in [0.3, 0.4) is 0 Å². The van der Waals surface area contributed by atoms with Crippen molar-refractivity contribution in [1.82, 2.24) is 9.91 Å². The van der Waals surface area contributed by atoms with Gasteiger partial charge in [0.15, 0.2) is 0 Å². The third-order valence-electron chi connectivity index (χ3n) is 5.06. The first-order chi connectivity index (χ1) is 12.7. The van der Waals surface area contributed by atoms with E-state index in [0.29, 0.717) is 17.9 Å². The van der Waals surface area contributed by atoms with Crippen molar-refractivity contribution >= 4 is 23.2 Å². The molecule has 0 aliphatic carbocycles. The van der Waals surface area contributed by atoms with Crippen LogP contribution >= 0.6 is 11.6 Å². The van der Waals surface area contributed by atoms with Gasteiger partial charge in [0.1, 0.15) is 11.8 Å². The molecule has 1 amide bonds. The van der Waals surface area contributed by atoms with Crippen LogP contribution < -0.4 is 0 Å². The van der Waals surface area contributed by atoms with Gasteiger partial charge >= 0.3 is 0 Å². The van der Waals surface area contributed by atoms with Gasteiger partial charge < -0.3 is 9.32 Å². The number of rotatable bonds is 5. The molecule has 1 aromatic heterocycles. The molecule has 0 radical (unpaired) electrons.